The van der Waals surface area contributed by atoms with E-state index in [1.54, 1.807) is 24.3 Å². The highest BCUT2D eigenvalue weighted by Crippen LogP contribution is 2.17. The molecule has 0 aliphatic carbocycles. The van der Waals surface area contributed by atoms with E-state index in [0.717, 1.165) is 25.7 Å². The Bertz CT molecular complexity index is 683. The van der Waals surface area contributed by atoms with E-state index in [0.29, 0.717) is 29.5 Å². The molecule has 1 aromatic carbocycles. The van der Waals surface area contributed by atoms with Crippen molar-refractivity contribution in [2.45, 2.75) is 39.5 Å². The van der Waals surface area contributed by atoms with Crippen molar-refractivity contribution in [2.75, 3.05) is 13.2 Å². The van der Waals surface area contributed by atoms with Crippen LogP contribution in [0.1, 0.15) is 49.9 Å². The number of nitrogens with zero attached hydrogens (tertiary/aromatic N) is 2. The summed E-state index contributed by atoms with van der Waals surface area (Å²) < 4.78 is 10.2. The van der Waals surface area contributed by atoms with E-state index in [9.17, 15) is 9.59 Å². The van der Waals surface area contributed by atoms with Gasteiger partial charge in [0.25, 0.3) is 5.91 Å². The van der Waals surface area contributed by atoms with Crippen LogP contribution in [-0.2, 0) is 9.53 Å². The first-order valence-electron chi connectivity index (χ1n) is 8.94. The first-order chi connectivity index (χ1) is 12.6. The molecule has 0 radical (unpaired) electrons. The molecule has 1 amide bonds. The number of nitrogens with one attached hydrogen (secondary N) is 1. The van der Waals surface area contributed by atoms with Crippen LogP contribution in [0.15, 0.2) is 35.1 Å². The zero-order chi connectivity index (χ0) is 18.8. The van der Waals surface area contributed by atoms with Gasteiger partial charge in [-0.2, -0.15) is 0 Å². The second-order valence-corrected chi connectivity index (χ2v) is 6.12. The lowest BCUT2D eigenvalue weighted by molar-refractivity contribution is -0.124. The van der Waals surface area contributed by atoms with Gasteiger partial charge in [0.1, 0.15) is 0 Å². The number of esters is 1. The van der Waals surface area contributed by atoms with E-state index < -0.39 is 5.97 Å². The van der Waals surface area contributed by atoms with Crippen molar-refractivity contribution in [1.82, 2.24) is 15.5 Å². The summed E-state index contributed by atoms with van der Waals surface area (Å²) in [6.45, 7) is 4.60. The topological polar surface area (TPSA) is 94.3 Å². The molecule has 0 saturated carbocycles. The maximum absolute atomic E-state index is 12.0. The van der Waals surface area contributed by atoms with Gasteiger partial charge in [0.15, 0.2) is 6.61 Å². The fourth-order valence-electron chi connectivity index (χ4n) is 2.51. The van der Waals surface area contributed by atoms with Crippen LogP contribution in [0.4, 0.5) is 0 Å². The van der Waals surface area contributed by atoms with Crippen molar-refractivity contribution < 1.29 is 18.7 Å². The fourth-order valence-corrected chi connectivity index (χ4v) is 2.51. The Morgan fingerprint density at radius 1 is 1.23 bits per heavy atom. The summed E-state index contributed by atoms with van der Waals surface area (Å²) in [5.41, 5.74) is 1.06. The zero-order valence-corrected chi connectivity index (χ0v) is 15.2. The van der Waals surface area contributed by atoms with E-state index in [4.69, 9.17) is 9.15 Å². The van der Waals surface area contributed by atoms with Gasteiger partial charge < -0.3 is 14.5 Å². The highest BCUT2D eigenvalue weighted by Gasteiger charge is 2.13. The number of hydrogen-bond donors (Lipinski definition) is 1. The van der Waals surface area contributed by atoms with Crippen LogP contribution in [-0.4, -0.2) is 35.2 Å². The molecule has 2 aromatic rings. The van der Waals surface area contributed by atoms with Crippen LogP contribution in [0.25, 0.3) is 11.5 Å². The van der Waals surface area contributed by atoms with E-state index in [1.165, 1.54) is 6.39 Å². The molecule has 0 unspecified atom stereocenters. The summed E-state index contributed by atoms with van der Waals surface area (Å²) in [6.07, 6.45) is 5.66. The van der Waals surface area contributed by atoms with E-state index in [2.05, 4.69) is 29.4 Å². The quantitative estimate of drug-likeness (QED) is 0.655. The van der Waals surface area contributed by atoms with Gasteiger partial charge in [-0.15, -0.1) is 10.2 Å². The predicted octanol–water partition coefficient (Wildman–Crippen LogP) is 3.23. The van der Waals surface area contributed by atoms with Crippen molar-refractivity contribution >= 4 is 11.9 Å². The summed E-state index contributed by atoms with van der Waals surface area (Å²) >= 11 is 0. The van der Waals surface area contributed by atoms with Gasteiger partial charge in [0.2, 0.25) is 12.3 Å². The molecule has 0 bridgehead atoms. The molecule has 1 N–H and O–H groups in total. The van der Waals surface area contributed by atoms with Crippen LogP contribution in [0, 0.1) is 5.92 Å². The minimum Gasteiger partial charge on any atom is -0.452 e. The highest BCUT2D eigenvalue weighted by molar-refractivity contribution is 5.91. The number of hydrogen-bond acceptors (Lipinski definition) is 6. The predicted molar refractivity (Wildman–Crippen MR) is 96.3 cm³/mol. The molecule has 1 aromatic heterocycles. The number of ether oxygens (including phenoxy) is 1. The second kappa shape index (κ2) is 10.3. The lowest BCUT2D eigenvalue weighted by Crippen LogP contribution is -2.32. The minimum atomic E-state index is -0.546. The van der Waals surface area contributed by atoms with Gasteiger partial charge in [-0.3, -0.25) is 4.79 Å². The summed E-state index contributed by atoms with van der Waals surface area (Å²) in [4.78, 5) is 23.9. The second-order valence-electron chi connectivity index (χ2n) is 6.12. The van der Waals surface area contributed by atoms with Crippen LogP contribution in [0.5, 0.6) is 0 Å². The first-order valence-corrected chi connectivity index (χ1v) is 8.94. The Labute approximate surface area is 153 Å². The van der Waals surface area contributed by atoms with E-state index in [1.807, 2.05) is 0 Å². The number of aromatic nitrogens is 2. The normalized spacial score (nSPS) is 11.8. The standard InChI is InChI=1S/C19H25N3O4/c1-3-5-6-14(4-2)11-20-17(23)12-25-19(24)16-9-7-15(8-10-16)18-22-21-13-26-18/h7-10,13-14H,3-6,11-12H2,1-2H3,(H,20,23)/t14-/m1/s1. The Morgan fingerprint density at radius 3 is 2.62 bits per heavy atom. The maximum Gasteiger partial charge on any atom is 0.338 e. The molecule has 0 aliphatic heterocycles. The Balaban J connectivity index is 1.76. The largest absolute Gasteiger partial charge is 0.452 e. The third-order valence-corrected chi connectivity index (χ3v) is 4.19. The number of carbonyl (C=O) groups is 2. The molecule has 0 spiro atoms. The molecule has 140 valence electrons. The lowest BCUT2D eigenvalue weighted by atomic mass is 9.99. The minimum absolute atomic E-state index is 0.282. The third-order valence-electron chi connectivity index (χ3n) is 4.19. The first kappa shape index (κ1) is 19.6. The fraction of sp³-hybridized carbons (Fsp3) is 0.474. The number of carbonyl (C=O) groups excluding carboxylic acids is 2. The number of benzene rings is 1. The molecule has 7 heteroatoms. The highest BCUT2D eigenvalue weighted by atomic mass is 16.5. The van der Waals surface area contributed by atoms with Crippen molar-refractivity contribution in [2.24, 2.45) is 5.92 Å². The molecular formula is C19H25N3O4. The van der Waals surface area contributed by atoms with Crippen LogP contribution in [0.2, 0.25) is 0 Å². The van der Waals surface area contributed by atoms with Gasteiger partial charge in [0.05, 0.1) is 5.56 Å². The molecule has 1 atom stereocenters. The Hall–Kier alpha value is -2.70. The average molecular weight is 359 g/mol. The molecule has 0 aliphatic rings. The molecule has 0 fully saturated rings. The van der Waals surface area contributed by atoms with Gasteiger partial charge in [0, 0.05) is 12.1 Å². The summed E-state index contributed by atoms with van der Waals surface area (Å²) in [5.74, 6) is 0.00993. The monoisotopic (exact) mass is 359 g/mol. The SMILES string of the molecule is CCCC[C@@H](CC)CNC(=O)COC(=O)c1ccc(-c2nnco2)cc1. The smallest absolute Gasteiger partial charge is 0.338 e. The van der Waals surface area contributed by atoms with E-state index in [-0.39, 0.29) is 12.5 Å². The van der Waals surface area contributed by atoms with Crippen molar-refractivity contribution in [3.8, 4) is 11.5 Å². The van der Waals surface area contributed by atoms with Gasteiger partial charge in [-0.1, -0.05) is 33.1 Å². The molecule has 0 saturated heterocycles. The van der Waals surface area contributed by atoms with Crippen LogP contribution >= 0.6 is 0 Å². The molecule has 2 rings (SSSR count). The summed E-state index contributed by atoms with van der Waals surface area (Å²) in [7, 11) is 0. The van der Waals surface area contributed by atoms with Crippen molar-refractivity contribution in [3.63, 3.8) is 0 Å². The Kier molecular flexibility index (Phi) is 7.79. The van der Waals surface area contributed by atoms with E-state index >= 15 is 0 Å². The lowest BCUT2D eigenvalue weighted by Gasteiger charge is -2.15. The van der Waals surface area contributed by atoms with Gasteiger partial charge >= 0.3 is 5.97 Å². The average Bonchev–Trinajstić information content (AvgIpc) is 3.21. The molecule has 7 nitrogen and oxygen atoms in total. The summed E-state index contributed by atoms with van der Waals surface area (Å²) in [5, 5.41) is 10.2. The Morgan fingerprint density at radius 2 is 2.00 bits per heavy atom. The zero-order valence-electron chi connectivity index (χ0n) is 15.2. The van der Waals surface area contributed by atoms with Gasteiger partial charge in [-0.05, 0) is 36.6 Å². The molecule has 26 heavy (non-hydrogen) atoms. The van der Waals surface area contributed by atoms with Crippen molar-refractivity contribution in [1.29, 1.82) is 0 Å². The van der Waals surface area contributed by atoms with Crippen LogP contribution in [0.3, 0.4) is 0 Å². The number of rotatable bonds is 10. The van der Waals surface area contributed by atoms with Gasteiger partial charge in [-0.25, -0.2) is 4.79 Å². The maximum atomic E-state index is 12.0. The summed E-state index contributed by atoms with van der Waals surface area (Å²) in [6, 6.07) is 6.56. The molecule has 1 heterocycles. The van der Waals surface area contributed by atoms with Crippen molar-refractivity contribution in [3.05, 3.63) is 36.2 Å². The number of unbranched alkanes of at least 4 members (excludes halogenated alkanes) is 1. The molecular weight excluding hydrogens is 334 g/mol. The number of amides is 1. The van der Waals surface area contributed by atoms with Crippen LogP contribution < -0.4 is 5.32 Å². The third kappa shape index (κ3) is 5.98.